The highest BCUT2D eigenvalue weighted by molar-refractivity contribution is 5.76. The van der Waals surface area contributed by atoms with Gasteiger partial charge in [0, 0.05) is 38.6 Å². The van der Waals surface area contributed by atoms with E-state index < -0.39 is 5.60 Å². The van der Waals surface area contributed by atoms with E-state index in [2.05, 4.69) is 10.6 Å². The van der Waals surface area contributed by atoms with Crippen LogP contribution in [0.4, 0.5) is 0 Å². The van der Waals surface area contributed by atoms with E-state index in [-0.39, 0.29) is 11.9 Å². The van der Waals surface area contributed by atoms with Gasteiger partial charge in [0.15, 0.2) is 0 Å². The van der Waals surface area contributed by atoms with Crippen LogP contribution in [0.5, 0.6) is 0 Å². The first-order valence-electron chi connectivity index (χ1n) is 5.98. The Kier molecular flexibility index (Phi) is 3.78. The van der Waals surface area contributed by atoms with Crippen molar-refractivity contribution in [2.45, 2.75) is 37.3 Å². The second kappa shape index (κ2) is 5.12. The first kappa shape index (κ1) is 11.8. The molecule has 0 aliphatic carbocycles. The molecule has 2 rings (SSSR count). The molecule has 0 aromatic carbocycles. The number of ether oxygens (including phenoxy) is 1. The third kappa shape index (κ3) is 3.17. The number of rotatable bonds is 3. The summed E-state index contributed by atoms with van der Waals surface area (Å²) in [6.07, 6.45) is 3.17. The van der Waals surface area contributed by atoms with Gasteiger partial charge in [-0.25, -0.2) is 0 Å². The van der Waals surface area contributed by atoms with Crippen LogP contribution < -0.4 is 10.6 Å². The molecule has 92 valence electrons. The average Bonchev–Trinajstić information content (AvgIpc) is 2.57. The van der Waals surface area contributed by atoms with E-state index in [0.29, 0.717) is 32.6 Å². The van der Waals surface area contributed by atoms with Crippen molar-refractivity contribution < 1.29 is 14.6 Å². The monoisotopic (exact) mass is 228 g/mol. The lowest BCUT2D eigenvalue weighted by molar-refractivity contribution is -0.121. The largest absolute Gasteiger partial charge is 0.386 e. The molecule has 0 aromatic heterocycles. The number of hydrogen-bond acceptors (Lipinski definition) is 4. The van der Waals surface area contributed by atoms with Gasteiger partial charge in [0.25, 0.3) is 0 Å². The Morgan fingerprint density at radius 3 is 3.25 bits per heavy atom. The Morgan fingerprint density at radius 1 is 1.62 bits per heavy atom. The molecule has 2 heterocycles. The zero-order valence-electron chi connectivity index (χ0n) is 9.50. The third-order valence-electron chi connectivity index (χ3n) is 3.29. The maximum atomic E-state index is 11.3. The van der Waals surface area contributed by atoms with Crippen LogP contribution in [-0.4, -0.2) is 49.0 Å². The number of carbonyl (C=O) groups is 1. The Morgan fingerprint density at radius 2 is 2.50 bits per heavy atom. The van der Waals surface area contributed by atoms with Gasteiger partial charge >= 0.3 is 0 Å². The minimum atomic E-state index is -0.733. The Bertz CT molecular complexity index is 252. The van der Waals surface area contributed by atoms with Crippen LogP contribution in [0.3, 0.4) is 0 Å². The summed E-state index contributed by atoms with van der Waals surface area (Å²) in [6.45, 7) is 2.32. The minimum absolute atomic E-state index is 0.102. The van der Waals surface area contributed by atoms with Gasteiger partial charge in [-0.3, -0.25) is 4.79 Å². The molecule has 5 nitrogen and oxygen atoms in total. The Balaban J connectivity index is 1.77. The van der Waals surface area contributed by atoms with E-state index in [1.165, 1.54) is 0 Å². The van der Waals surface area contributed by atoms with Gasteiger partial charge in [-0.1, -0.05) is 0 Å². The van der Waals surface area contributed by atoms with Gasteiger partial charge in [0.2, 0.25) is 5.91 Å². The Labute approximate surface area is 95.5 Å². The third-order valence-corrected chi connectivity index (χ3v) is 3.29. The van der Waals surface area contributed by atoms with Crippen LogP contribution in [0.1, 0.15) is 25.7 Å². The molecular formula is C11H20N2O3. The van der Waals surface area contributed by atoms with Crippen LogP contribution in [0, 0.1) is 0 Å². The number of nitrogens with one attached hydrogen (secondary N) is 2. The van der Waals surface area contributed by atoms with Crippen molar-refractivity contribution in [3.8, 4) is 0 Å². The second-order valence-electron chi connectivity index (χ2n) is 4.80. The van der Waals surface area contributed by atoms with Gasteiger partial charge in [-0.15, -0.1) is 0 Å². The van der Waals surface area contributed by atoms with Crippen molar-refractivity contribution >= 4 is 5.91 Å². The maximum absolute atomic E-state index is 11.3. The summed E-state index contributed by atoms with van der Waals surface area (Å²) in [5, 5.41) is 16.2. The van der Waals surface area contributed by atoms with Gasteiger partial charge in [-0.2, -0.15) is 0 Å². The summed E-state index contributed by atoms with van der Waals surface area (Å²) in [6, 6.07) is 0.187. The van der Waals surface area contributed by atoms with E-state index in [1.54, 1.807) is 0 Å². The molecule has 2 fully saturated rings. The number of hydrogen-bond donors (Lipinski definition) is 3. The Hall–Kier alpha value is -0.650. The summed E-state index contributed by atoms with van der Waals surface area (Å²) in [4.78, 5) is 11.3. The molecular weight excluding hydrogens is 208 g/mol. The summed E-state index contributed by atoms with van der Waals surface area (Å²) in [7, 11) is 0. The molecule has 16 heavy (non-hydrogen) atoms. The summed E-state index contributed by atoms with van der Waals surface area (Å²) in [5.41, 5.74) is -0.733. The van der Waals surface area contributed by atoms with Crippen LogP contribution in [0.25, 0.3) is 0 Å². The van der Waals surface area contributed by atoms with Crippen molar-refractivity contribution in [3.63, 3.8) is 0 Å². The first-order valence-corrected chi connectivity index (χ1v) is 5.98. The molecule has 0 spiro atoms. The van der Waals surface area contributed by atoms with E-state index >= 15 is 0 Å². The summed E-state index contributed by atoms with van der Waals surface area (Å²) >= 11 is 0. The van der Waals surface area contributed by atoms with Crippen LogP contribution in [0.2, 0.25) is 0 Å². The maximum Gasteiger partial charge on any atom is 0.221 e. The fraction of sp³-hybridized carbons (Fsp3) is 0.909. The fourth-order valence-electron chi connectivity index (χ4n) is 2.22. The zero-order valence-corrected chi connectivity index (χ0v) is 9.50. The fourth-order valence-corrected chi connectivity index (χ4v) is 2.22. The lowest BCUT2D eigenvalue weighted by Gasteiger charge is -2.24. The smallest absolute Gasteiger partial charge is 0.221 e. The number of carbonyl (C=O) groups excluding carboxylic acids is 1. The summed E-state index contributed by atoms with van der Waals surface area (Å²) in [5.74, 6) is 0.102. The molecule has 2 atom stereocenters. The number of amides is 1. The highest BCUT2D eigenvalue weighted by Gasteiger charge is 2.32. The minimum Gasteiger partial charge on any atom is -0.386 e. The molecule has 2 aliphatic rings. The molecule has 0 saturated carbocycles. The predicted molar refractivity (Wildman–Crippen MR) is 59.0 cm³/mol. The van der Waals surface area contributed by atoms with Crippen molar-refractivity contribution in [3.05, 3.63) is 0 Å². The number of aliphatic hydroxyl groups is 1. The summed E-state index contributed by atoms with van der Waals surface area (Å²) < 4.78 is 5.18. The van der Waals surface area contributed by atoms with Gasteiger partial charge in [-0.05, 0) is 12.8 Å². The van der Waals surface area contributed by atoms with E-state index in [9.17, 15) is 9.90 Å². The van der Waals surface area contributed by atoms with Gasteiger partial charge in [0.1, 0.15) is 5.60 Å². The standard InChI is InChI=1S/C11H20N2O3/c14-10-6-9(2-1-4-12-10)13-7-11(15)3-5-16-8-11/h9,13,15H,1-8H2,(H,12,14). The van der Waals surface area contributed by atoms with E-state index in [0.717, 1.165) is 19.4 Å². The molecule has 5 heteroatoms. The highest BCUT2D eigenvalue weighted by atomic mass is 16.5. The second-order valence-corrected chi connectivity index (χ2v) is 4.80. The van der Waals surface area contributed by atoms with Crippen molar-refractivity contribution in [1.82, 2.24) is 10.6 Å². The van der Waals surface area contributed by atoms with Crippen LogP contribution in [-0.2, 0) is 9.53 Å². The van der Waals surface area contributed by atoms with Gasteiger partial charge < -0.3 is 20.5 Å². The molecule has 1 amide bonds. The molecule has 3 N–H and O–H groups in total. The van der Waals surface area contributed by atoms with Crippen molar-refractivity contribution in [2.24, 2.45) is 0 Å². The molecule has 2 aliphatic heterocycles. The van der Waals surface area contributed by atoms with Crippen molar-refractivity contribution in [1.29, 1.82) is 0 Å². The van der Waals surface area contributed by atoms with E-state index in [4.69, 9.17) is 4.74 Å². The quantitative estimate of drug-likeness (QED) is 0.603. The van der Waals surface area contributed by atoms with E-state index in [1.807, 2.05) is 0 Å². The molecule has 0 radical (unpaired) electrons. The predicted octanol–water partition coefficient (Wildman–Crippen LogP) is -0.604. The average molecular weight is 228 g/mol. The SMILES string of the molecule is O=C1CC(NCC2(O)CCOC2)CCCN1. The highest BCUT2D eigenvalue weighted by Crippen LogP contribution is 2.18. The lowest BCUT2D eigenvalue weighted by Crippen LogP contribution is -2.45. The first-order chi connectivity index (χ1) is 7.68. The molecule has 0 aromatic rings. The topological polar surface area (TPSA) is 70.6 Å². The normalized spacial score (nSPS) is 35.8. The van der Waals surface area contributed by atoms with Gasteiger partial charge in [0.05, 0.1) is 6.61 Å². The molecule has 0 bridgehead atoms. The van der Waals surface area contributed by atoms with Crippen LogP contribution >= 0.6 is 0 Å². The molecule has 2 unspecified atom stereocenters. The molecule has 2 saturated heterocycles. The van der Waals surface area contributed by atoms with Crippen molar-refractivity contribution in [2.75, 3.05) is 26.3 Å². The van der Waals surface area contributed by atoms with Crippen LogP contribution in [0.15, 0.2) is 0 Å². The lowest BCUT2D eigenvalue weighted by atomic mass is 10.0. The zero-order chi connectivity index (χ0) is 11.4.